The second kappa shape index (κ2) is 10.6. The zero-order valence-corrected chi connectivity index (χ0v) is 21.2. The number of halogens is 1. The number of carbonyl (C=O) groups excluding carboxylic acids is 1. The van der Waals surface area contributed by atoms with Gasteiger partial charge < -0.3 is 10.3 Å². The average Bonchev–Trinajstić information content (AvgIpc) is 3.43. The maximum absolute atomic E-state index is 13.9. The Morgan fingerprint density at radius 2 is 1.74 bits per heavy atom. The second-order valence-corrected chi connectivity index (χ2v) is 9.88. The highest BCUT2D eigenvalue weighted by atomic mass is 19.1. The highest BCUT2D eigenvalue weighted by Gasteiger charge is 2.28. The van der Waals surface area contributed by atoms with Crippen molar-refractivity contribution < 1.29 is 9.18 Å². The Hall–Kier alpha value is -4.62. The van der Waals surface area contributed by atoms with E-state index >= 15 is 0 Å². The summed E-state index contributed by atoms with van der Waals surface area (Å²) in [7, 11) is 0. The predicted octanol–water partition coefficient (Wildman–Crippen LogP) is 5.86. The minimum Gasteiger partial charge on any atom is -0.328 e. The quantitative estimate of drug-likeness (QED) is 0.295. The molecule has 6 nitrogen and oxygen atoms in total. The van der Waals surface area contributed by atoms with Gasteiger partial charge in [-0.25, -0.2) is 9.37 Å². The van der Waals surface area contributed by atoms with Gasteiger partial charge in [-0.15, -0.1) is 0 Å². The van der Waals surface area contributed by atoms with Crippen LogP contribution in [0.2, 0.25) is 0 Å². The molecule has 0 unspecified atom stereocenters. The summed E-state index contributed by atoms with van der Waals surface area (Å²) in [6.07, 6.45) is 2.35. The molecule has 5 aromatic rings. The molecule has 0 saturated carbocycles. The van der Waals surface area contributed by atoms with Crippen molar-refractivity contribution in [1.82, 2.24) is 14.9 Å². The number of hydrogen-bond acceptors (Lipinski definition) is 4. The van der Waals surface area contributed by atoms with Crippen molar-refractivity contribution in [3.05, 3.63) is 119 Å². The van der Waals surface area contributed by atoms with Gasteiger partial charge in [0.15, 0.2) is 0 Å². The molecular formula is C32H27FN4O2. The van der Waals surface area contributed by atoms with Crippen LogP contribution in [0.15, 0.2) is 102 Å². The topological polar surface area (TPSA) is 78.1 Å². The summed E-state index contributed by atoms with van der Waals surface area (Å²) >= 11 is 0. The fourth-order valence-corrected chi connectivity index (χ4v) is 5.18. The number of anilines is 1. The highest BCUT2D eigenvalue weighted by molar-refractivity contribution is 5.93. The van der Waals surface area contributed by atoms with E-state index in [-0.39, 0.29) is 23.1 Å². The monoisotopic (exact) mass is 518 g/mol. The molecule has 7 heteroatoms. The van der Waals surface area contributed by atoms with Gasteiger partial charge in [-0.05, 0) is 48.4 Å². The van der Waals surface area contributed by atoms with Gasteiger partial charge in [0.25, 0.3) is 5.56 Å². The number of H-pyrrole nitrogens is 1. The molecule has 0 spiro atoms. The van der Waals surface area contributed by atoms with Crippen LogP contribution in [-0.2, 0) is 11.3 Å². The third-order valence-electron chi connectivity index (χ3n) is 7.25. The SMILES string of the molecule is O=C(Nc1ccccc1F)[C@@H]1CCN(Cc2ccc(-c3nc4cc[nH]c(=O)c4cc3-c3ccccc3)cc2)C1. The van der Waals surface area contributed by atoms with Crippen LogP contribution in [0.5, 0.6) is 0 Å². The van der Waals surface area contributed by atoms with Gasteiger partial charge in [0, 0.05) is 30.4 Å². The van der Waals surface area contributed by atoms with E-state index < -0.39 is 5.82 Å². The fraction of sp³-hybridized carbons (Fsp3) is 0.156. The molecule has 39 heavy (non-hydrogen) atoms. The summed E-state index contributed by atoms with van der Waals surface area (Å²) in [5, 5.41) is 3.28. The smallest absolute Gasteiger partial charge is 0.257 e. The molecule has 2 N–H and O–H groups in total. The molecule has 3 heterocycles. The summed E-state index contributed by atoms with van der Waals surface area (Å²) < 4.78 is 13.9. The molecule has 1 atom stereocenters. The molecule has 6 rings (SSSR count). The van der Waals surface area contributed by atoms with E-state index in [1.807, 2.05) is 42.5 Å². The van der Waals surface area contributed by atoms with Gasteiger partial charge in [0.05, 0.1) is 28.2 Å². The van der Waals surface area contributed by atoms with E-state index in [4.69, 9.17) is 4.98 Å². The zero-order chi connectivity index (χ0) is 26.8. The van der Waals surface area contributed by atoms with Crippen LogP contribution in [0.25, 0.3) is 33.3 Å². The van der Waals surface area contributed by atoms with Crippen LogP contribution in [0, 0.1) is 11.7 Å². The van der Waals surface area contributed by atoms with Crippen molar-refractivity contribution in [2.75, 3.05) is 18.4 Å². The lowest BCUT2D eigenvalue weighted by Crippen LogP contribution is -2.27. The Labute approximate surface area is 225 Å². The zero-order valence-electron chi connectivity index (χ0n) is 21.2. The van der Waals surface area contributed by atoms with E-state index in [2.05, 4.69) is 39.5 Å². The minimum atomic E-state index is -0.427. The summed E-state index contributed by atoms with van der Waals surface area (Å²) in [6.45, 7) is 2.15. The molecule has 1 aliphatic heterocycles. The van der Waals surface area contributed by atoms with Crippen LogP contribution in [0.4, 0.5) is 10.1 Å². The second-order valence-electron chi connectivity index (χ2n) is 9.88. The maximum atomic E-state index is 13.9. The van der Waals surface area contributed by atoms with Crippen LogP contribution in [0.1, 0.15) is 12.0 Å². The molecule has 0 bridgehead atoms. The van der Waals surface area contributed by atoms with Crippen LogP contribution >= 0.6 is 0 Å². The standard InChI is InChI=1S/C32H27FN4O2/c33-27-8-4-5-9-29(27)36-31(38)24-15-17-37(20-24)19-21-10-12-23(13-11-21)30-25(22-6-2-1-3-7-22)18-26-28(35-30)14-16-34-32(26)39/h1-14,16,18,24H,15,17,19-20H2,(H,34,39)(H,36,38)/t24-/m1/s1. The van der Waals surface area contributed by atoms with Crippen LogP contribution in [0.3, 0.4) is 0 Å². The number of aromatic amines is 1. The van der Waals surface area contributed by atoms with E-state index in [1.54, 1.807) is 24.4 Å². The van der Waals surface area contributed by atoms with Crippen molar-refractivity contribution in [2.24, 2.45) is 5.92 Å². The first kappa shape index (κ1) is 24.7. The number of pyridine rings is 2. The Morgan fingerprint density at radius 3 is 2.54 bits per heavy atom. The molecule has 0 aliphatic carbocycles. The van der Waals surface area contributed by atoms with Gasteiger partial charge in [0.1, 0.15) is 5.82 Å². The van der Waals surface area contributed by atoms with Crippen molar-refractivity contribution in [1.29, 1.82) is 0 Å². The van der Waals surface area contributed by atoms with Gasteiger partial charge in [-0.3, -0.25) is 14.5 Å². The van der Waals surface area contributed by atoms with Gasteiger partial charge >= 0.3 is 0 Å². The fourth-order valence-electron chi connectivity index (χ4n) is 5.18. The lowest BCUT2D eigenvalue weighted by molar-refractivity contribution is -0.119. The maximum Gasteiger partial charge on any atom is 0.257 e. The number of fused-ring (bicyclic) bond motifs is 1. The Bertz CT molecular complexity index is 1700. The number of nitrogens with one attached hydrogen (secondary N) is 2. The highest BCUT2D eigenvalue weighted by Crippen LogP contribution is 2.33. The summed E-state index contributed by atoms with van der Waals surface area (Å²) in [6, 6.07) is 28.2. The third kappa shape index (κ3) is 5.22. The predicted molar refractivity (Wildman–Crippen MR) is 152 cm³/mol. The van der Waals surface area contributed by atoms with Gasteiger partial charge in [-0.2, -0.15) is 0 Å². The Kier molecular flexibility index (Phi) is 6.73. The molecule has 194 valence electrons. The molecule has 3 aromatic carbocycles. The molecule has 2 aromatic heterocycles. The lowest BCUT2D eigenvalue weighted by Gasteiger charge is -2.17. The van der Waals surface area contributed by atoms with Crippen molar-refractivity contribution >= 4 is 22.5 Å². The first-order valence-corrected chi connectivity index (χ1v) is 13.0. The van der Waals surface area contributed by atoms with Crippen LogP contribution in [-0.4, -0.2) is 33.9 Å². The number of carbonyl (C=O) groups is 1. The van der Waals surface area contributed by atoms with Gasteiger partial charge in [0.2, 0.25) is 5.91 Å². The van der Waals surface area contributed by atoms with Gasteiger partial charge in [-0.1, -0.05) is 66.7 Å². The van der Waals surface area contributed by atoms with E-state index in [9.17, 15) is 14.0 Å². The summed E-state index contributed by atoms with van der Waals surface area (Å²) in [5.74, 6) is -0.751. The van der Waals surface area contributed by atoms with Crippen molar-refractivity contribution in [2.45, 2.75) is 13.0 Å². The molecule has 1 fully saturated rings. The van der Waals surface area contributed by atoms with E-state index in [1.165, 1.54) is 6.07 Å². The largest absolute Gasteiger partial charge is 0.328 e. The average molecular weight is 519 g/mol. The van der Waals surface area contributed by atoms with E-state index in [0.717, 1.165) is 47.5 Å². The minimum absolute atomic E-state index is 0.146. The number of aromatic nitrogens is 2. The first-order chi connectivity index (χ1) is 19.0. The number of rotatable bonds is 6. The number of nitrogens with zero attached hydrogens (tertiary/aromatic N) is 2. The first-order valence-electron chi connectivity index (χ1n) is 13.0. The molecule has 1 saturated heterocycles. The van der Waals surface area contributed by atoms with Crippen molar-refractivity contribution in [3.8, 4) is 22.4 Å². The number of para-hydroxylation sites is 1. The molecule has 0 radical (unpaired) electrons. The normalized spacial score (nSPS) is 15.5. The van der Waals surface area contributed by atoms with Crippen molar-refractivity contribution in [3.63, 3.8) is 0 Å². The number of amides is 1. The number of hydrogen-bond donors (Lipinski definition) is 2. The summed E-state index contributed by atoms with van der Waals surface area (Å²) in [4.78, 5) is 35.0. The number of benzene rings is 3. The Morgan fingerprint density at radius 1 is 0.974 bits per heavy atom. The number of likely N-dealkylation sites (tertiary alicyclic amines) is 1. The van der Waals surface area contributed by atoms with Crippen LogP contribution < -0.4 is 10.9 Å². The Balaban J connectivity index is 1.20. The lowest BCUT2D eigenvalue weighted by atomic mass is 9.97. The van der Waals surface area contributed by atoms with E-state index in [0.29, 0.717) is 17.4 Å². The molecule has 1 amide bonds. The summed E-state index contributed by atoms with van der Waals surface area (Å²) in [5.41, 5.74) is 5.51. The molecular weight excluding hydrogens is 491 g/mol. The third-order valence-corrected chi connectivity index (χ3v) is 7.25. The molecule has 1 aliphatic rings.